The molecule has 6 nitrogen and oxygen atoms in total. The van der Waals surface area contributed by atoms with Crippen molar-refractivity contribution >= 4 is 23.7 Å². The van der Waals surface area contributed by atoms with E-state index in [1.165, 1.54) is 17.8 Å². The summed E-state index contributed by atoms with van der Waals surface area (Å²) in [4.78, 5) is 24.0. The zero-order valence-corrected chi connectivity index (χ0v) is 17.7. The SMILES string of the molecule is CCOC(=O)/C(O)=C/C=C(\SCc1cccc(Oc2ccccc2)c1)C(=O)OCC. The Labute approximate surface area is 180 Å². The molecule has 0 saturated carbocycles. The first-order chi connectivity index (χ1) is 14.5. The van der Waals surface area contributed by atoms with Crippen LogP contribution in [0.5, 0.6) is 11.5 Å². The van der Waals surface area contributed by atoms with E-state index in [9.17, 15) is 14.7 Å². The van der Waals surface area contributed by atoms with Crippen molar-refractivity contribution < 1.29 is 28.9 Å². The summed E-state index contributed by atoms with van der Waals surface area (Å²) in [5.41, 5.74) is 0.933. The number of rotatable bonds is 10. The maximum atomic E-state index is 12.2. The lowest BCUT2D eigenvalue weighted by Gasteiger charge is -2.09. The molecule has 0 aliphatic heterocycles. The van der Waals surface area contributed by atoms with Crippen LogP contribution in [0.4, 0.5) is 0 Å². The minimum atomic E-state index is -0.854. The van der Waals surface area contributed by atoms with Gasteiger partial charge in [-0.25, -0.2) is 9.59 Å². The van der Waals surface area contributed by atoms with Gasteiger partial charge in [0.15, 0.2) is 0 Å². The fourth-order valence-electron chi connectivity index (χ4n) is 2.29. The molecule has 0 unspecified atom stereocenters. The van der Waals surface area contributed by atoms with Crippen molar-refractivity contribution in [3.05, 3.63) is 83.0 Å². The van der Waals surface area contributed by atoms with Gasteiger partial charge in [0, 0.05) is 5.75 Å². The second kappa shape index (κ2) is 12.4. The van der Waals surface area contributed by atoms with E-state index in [-0.39, 0.29) is 18.1 Å². The number of ether oxygens (including phenoxy) is 3. The number of thioether (sulfide) groups is 1. The minimum absolute atomic E-state index is 0.140. The fraction of sp³-hybridized carbons (Fsp3) is 0.217. The van der Waals surface area contributed by atoms with E-state index in [1.807, 2.05) is 54.6 Å². The van der Waals surface area contributed by atoms with Crippen LogP contribution >= 0.6 is 11.8 Å². The molecule has 30 heavy (non-hydrogen) atoms. The van der Waals surface area contributed by atoms with Crippen molar-refractivity contribution in [1.29, 1.82) is 0 Å². The normalized spacial score (nSPS) is 11.7. The van der Waals surface area contributed by atoms with Crippen LogP contribution in [0.15, 0.2) is 77.4 Å². The lowest BCUT2D eigenvalue weighted by Crippen LogP contribution is -2.08. The second-order valence-corrected chi connectivity index (χ2v) is 6.89. The van der Waals surface area contributed by atoms with Gasteiger partial charge >= 0.3 is 11.9 Å². The largest absolute Gasteiger partial charge is 0.502 e. The Morgan fingerprint density at radius 3 is 2.27 bits per heavy atom. The van der Waals surface area contributed by atoms with Crippen LogP contribution in [-0.4, -0.2) is 30.3 Å². The second-order valence-electron chi connectivity index (χ2n) is 5.87. The van der Waals surface area contributed by atoms with Gasteiger partial charge in [0.1, 0.15) is 11.5 Å². The van der Waals surface area contributed by atoms with Gasteiger partial charge in [-0.3, -0.25) is 0 Å². The molecule has 1 N–H and O–H groups in total. The quantitative estimate of drug-likeness (QED) is 0.242. The van der Waals surface area contributed by atoms with Crippen LogP contribution in [0.25, 0.3) is 0 Å². The maximum absolute atomic E-state index is 12.2. The molecule has 0 saturated heterocycles. The van der Waals surface area contributed by atoms with Gasteiger partial charge in [0.25, 0.3) is 0 Å². The fourth-order valence-corrected chi connectivity index (χ4v) is 3.13. The number of allylic oxidation sites excluding steroid dienone is 2. The number of carbonyl (C=O) groups is 2. The first-order valence-electron chi connectivity index (χ1n) is 9.43. The molecule has 0 aliphatic rings. The monoisotopic (exact) mass is 428 g/mol. The van der Waals surface area contributed by atoms with Crippen molar-refractivity contribution in [3.63, 3.8) is 0 Å². The van der Waals surface area contributed by atoms with Gasteiger partial charge in [-0.05, 0) is 55.8 Å². The summed E-state index contributed by atoms with van der Waals surface area (Å²) in [7, 11) is 0. The van der Waals surface area contributed by atoms with E-state index in [0.717, 1.165) is 17.4 Å². The summed E-state index contributed by atoms with van der Waals surface area (Å²) >= 11 is 1.23. The van der Waals surface area contributed by atoms with E-state index in [0.29, 0.717) is 11.5 Å². The number of carbonyl (C=O) groups excluding carboxylic acids is 2. The molecule has 7 heteroatoms. The molecular weight excluding hydrogens is 404 g/mol. The Bertz CT molecular complexity index is 905. The van der Waals surface area contributed by atoms with Crippen LogP contribution in [0, 0.1) is 0 Å². The highest BCUT2D eigenvalue weighted by Gasteiger charge is 2.13. The van der Waals surface area contributed by atoms with E-state index >= 15 is 0 Å². The van der Waals surface area contributed by atoms with Gasteiger partial charge in [0.2, 0.25) is 5.76 Å². The number of hydrogen-bond donors (Lipinski definition) is 1. The van der Waals surface area contributed by atoms with Gasteiger partial charge < -0.3 is 19.3 Å². The third kappa shape index (κ3) is 7.67. The van der Waals surface area contributed by atoms with E-state index in [4.69, 9.17) is 14.2 Å². The molecule has 2 rings (SSSR count). The van der Waals surface area contributed by atoms with Crippen LogP contribution in [0.2, 0.25) is 0 Å². The Morgan fingerprint density at radius 2 is 1.57 bits per heavy atom. The average molecular weight is 429 g/mol. The van der Waals surface area contributed by atoms with Crippen LogP contribution in [0.1, 0.15) is 19.4 Å². The predicted molar refractivity (Wildman–Crippen MR) is 116 cm³/mol. The maximum Gasteiger partial charge on any atom is 0.373 e. The van der Waals surface area contributed by atoms with E-state index in [1.54, 1.807) is 13.8 Å². The van der Waals surface area contributed by atoms with Gasteiger partial charge in [0.05, 0.1) is 18.1 Å². The number of hydrogen-bond acceptors (Lipinski definition) is 7. The number of aliphatic hydroxyl groups is 1. The average Bonchev–Trinajstić information content (AvgIpc) is 2.75. The summed E-state index contributed by atoms with van der Waals surface area (Å²) in [6.45, 7) is 3.69. The van der Waals surface area contributed by atoms with Crippen LogP contribution < -0.4 is 4.74 Å². The standard InChI is InChI=1S/C23H24O6S/c1-3-27-22(25)20(24)13-14-21(23(26)28-4-2)30-16-17-9-8-12-19(15-17)29-18-10-6-5-7-11-18/h5-15,24H,3-4,16H2,1-2H3/b20-13-,21-14-. The molecule has 0 aromatic heterocycles. The molecule has 2 aromatic carbocycles. The molecule has 0 amide bonds. The third-order valence-electron chi connectivity index (χ3n) is 3.63. The Balaban J connectivity index is 2.10. The summed E-state index contributed by atoms with van der Waals surface area (Å²) in [5, 5.41) is 9.74. The van der Waals surface area contributed by atoms with E-state index < -0.39 is 17.7 Å². The zero-order chi connectivity index (χ0) is 21.8. The van der Waals surface area contributed by atoms with Crippen molar-refractivity contribution in [2.75, 3.05) is 13.2 Å². The molecule has 0 bridgehead atoms. The lowest BCUT2D eigenvalue weighted by molar-refractivity contribution is -0.141. The van der Waals surface area contributed by atoms with E-state index in [2.05, 4.69) is 0 Å². The highest BCUT2D eigenvalue weighted by Crippen LogP contribution is 2.27. The van der Waals surface area contributed by atoms with Gasteiger partial charge in [-0.15, -0.1) is 11.8 Å². The Kier molecular flexibility index (Phi) is 9.54. The summed E-state index contributed by atoms with van der Waals surface area (Å²) in [6.07, 6.45) is 2.48. The first kappa shape index (κ1) is 23.1. The van der Waals surface area contributed by atoms with Crippen molar-refractivity contribution in [1.82, 2.24) is 0 Å². The minimum Gasteiger partial charge on any atom is -0.502 e. The molecule has 0 atom stereocenters. The highest BCUT2D eigenvalue weighted by molar-refractivity contribution is 8.03. The molecular formula is C23H24O6S. The molecule has 158 valence electrons. The molecule has 0 aliphatic carbocycles. The predicted octanol–water partition coefficient (Wildman–Crippen LogP) is 5.16. The van der Waals surface area contributed by atoms with Crippen molar-refractivity contribution in [3.8, 4) is 11.5 Å². The molecule has 0 radical (unpaired) electrons. The zero-order valence-electron chi connectivity index (χ0n) is 16.9. The molecule has 0 spiro atoms. The van der Waals surface area contributed by atoms with Crippen LogP contribution in [-0.2, 0) is 24.8 Å². The molecule has 0 heterocycles. The highest BCUT2D eigenvalue weighted by atomic mass is 32.2. The number of para-hydroxylation sites is 1. The number of aliphatic hydroxyl groups excluding tert-OH is 1. The summed E-state index contributed by atoms with van der Waals surface area (Å²) in [6, 6.07) is 17.0. The van der Waals surface area contributed by atoms with Crippen molar-refractivity contribution in [2.24, 2.45) is 0 Å². The smallest absolute Gasteiger partial charge is 0.373 e. The molecule has 2 aromatic rings. The van der Waals surface area contributed by atoms with Crippen LogP contribution in [0.3, 0.4) is 0 Å². The van der Waals surface area contributed by atoms with Gasteiger partial charge in [-0.2, -0.15) is 0 Å². The van der Waals surface area contributed by atoms with Crippen molar-refractivity contribution in [2.45, 2.75) is 19.6 Å². The first-order valence-corrected chi connectivity index (χ1v) is 10.4. The summed E-state index contributed by atoms with van der Waals surface area (Å²) < 4.78 is 15.6. The number of esters is 2. The third-order valence-corrected chi connectivity index (χ3v) is 4.72. The summed E-state index contributed by atoms with van der Waals surface area (Å²) in [5.74, 6) is -0.0999. The lowest BCUT2D eigenvalue weighted by atomic mass is 10.2. The molecule has 0 fully saturated rings. The topological polar surface area (TPSA) is 82.1 Å². The van der Waals surface area contributed by atoms with Gasteiger partial charge in [-0.1, -0.05) is 30.3 Å². The Hall–Kier alpha value is -3.19. The Morgan fingerprint density at radius 1 is 0.900 bits per heavy atom. The number of benzene rings is 2.